The van der Waals surface area contributed by atoms with Gasteiger partial charge in [-0.25, -0.2) is 8.78 Å². The summed E-state index contributed by atoms with van der Waals surface area (Å²) in [7, 11) is 0. The number of alkyl halides is 1. The molecule has 3 aromatic rings. The van der Waals surface area contributed by atoms with Crippen LogP contribution in [0.3, 0.4) is 0 Å². The van der Waals surface area contributed by atoms with Crippen LogP contribution in [0.5, 0.6) is 11.8 Å². The lowest BCUT2D eigenvalue weighted by Crippen LogP contribution is -2.43. The van der Waals surface area contributed by atoms with Gasteiger partial charge in [0.2, 0.25) is 0 Å². The first-order chi connectivity index (χ1) is 20.8. The minimum Gasteiger partial charge on any atom is -0.508 e. The Bertz CT molecular complexity index is 1650. The van der Waals surface area contributed by atoms with Crippen LogP contribution in [-0.4, -0.2) is 83.6 Å². The van der Waals surface area contributed by atoms with Gasteiger partial charge in [0.1, 0.15) is 35.7 Å². The van der Waals surface area contributed by atoms with Crippen LogP contribution in [0, 0.1) is 18.2 Å². The topological polar surface area (TPSA) is 91.3 Å². The average molecular weight is 590 g/mol. The van der Waals surface area contributed by atoms with Crippen molar-refractivity contribution in [2.75, 3.05) is 55.8 Å². The third-order valence-electron chi connectivity index (χ3n) is 9.30. The number of fused-ring (bicyclic) bond motifs is 3. The predicted molar refractivity (Wildman–Crippen MR) is 157 cm³/mol. The first-order valence-electron chi connectivity index (χ1n) is 14.8. The Morgan fingerprint density at radius 2 is 2.07 bits per heavy atom. The Balaban J connectivity index is 1.33. The van der Waals surface area contributed by atoms with Gasteiger partial charge in [-0.05, 0) is 50.2 Å². The molecule has 1 aromatic heterocycles. The van der Waals surface area contributed by atoms with E-state index < -0.39 is 18.0 Å². The van der Waals surface area contributed by atoms with E-state index >= 15 is 0 Å². The fraction of sp³-hybridized carbons (Fsp3) is 0.469. The summed E-state index contributed by atoms with van der Waals surface area (Å²) >= 11 is 0. The molecule has 4 aliphatic heterocycles. The van der Waals surface area contributed by atoms with E-state index in [0.717, 1.165) is 25.8 Å². The van der Waals surface area contributed by atoms with Gasteiger partial charge in [-0.1, -0.05) is 12.0 Å². The van der Waals surface area contributed by atoms with Gasteiger partial charge in [0, 0.05) is 44.1 Å². The maximum atomic E-state index is 14.9. The third kappa shape index (κ3) is 4.55. The maximum absolute atomic E-state index is 14.9. The van der Waals surface area contributed by atoms with E-state index in [-0.39, 0.29) is 41.1 Å². The lowest BCUT2D eigenvalue weighted by atomic mass is 9.95. The Morgan fingerprint density at radius 1 is 1.21 bits per heavy atom. The van der Waals surface area contributed by atoms with Crippen LogP contribution in [0.15, 0.2) is 24.3 Å². The van der Waals surface area contributed by atoms with Gasteiger partial charge < -0.3 is 19.5 Å². The second-order valence-electron chi connectivity index (χ2n) is 11.9. The highest BCUT2D eigenvalue weighted by Gasteiger charge is 2.50. The number of hydrogen-bond donors (Lipinski definition) is 1. The zero-order valence-electron chi connectivity index (χ0n) is 24.0. The molecule has 3 atom stereocenters. The number of phenolic OH excluding ortho intramolecular Hbond substituents is 1. The first kappa shape index (κ1) is 27.8. The van der Waals surface area contributed by atoms with E-state index in [2.05, 4.69) is 10.8 Å². The van der Waals surface area contributed by atoms with Gasteiger partial charge in [0.15, 0.2) is 0 Å². The number of nitrogens with zero attached hydrogens (tertiary/aromatic N) is 5. The van der Waals surface area contributed by atoms with Crippen molar-refractivity contribution >= 4 is 28.2 Å². The molecule has 5 heterocycles. The van der Waals surface area contributed by atoms with Crippen LogP contribution >= 0.6 is 0 Å². The fourth-order valence-electron chi connectivity index (χ4n) is 7.32. The highest BCUT2D eigenvalue weighted by Crippen LogP contribution is 2.46. The largest absolute Gasteiger partial charge is 0.508 e. The molecular weight excluding hydrogens is 556 g/mol. The smallest absolute Gasteiger partial charge is 0.318 e. The van der Waals surface area contributed by atoms with Gasteiger partial charge in [-0.3, -0.25) is 14.6 Å². The van der Waals surface area contributed by atoms with E-state index in [9.17, 15) is 18.7 Å². The van der Waals surface area contributed by atoms with Crippen molar-refractivity contribution in [3.05, 3.63) is 46.9 Å². The molecule has 224 valence electrons. The van der Waals surface area contributed by atoms with Crippen molar-refractivity contribution in [2.24, 2.45) is 0 Å². The number of benzene rings is 2. The first-order valence-corrected chi connectivity index (χ1v) is 14.8. The number of aromatic nitrogens is 2. The number of amides is 1. The SMILES string of the molecule is C#Cc1c(F)ccc2cc(O)cc(N3C(=O)c4c(nc(OC[C@@]56CCCN5C[C@H](F)C6)nc4N4CCCOCC4)C3C)c12. The van der Waals surface area contributed by atoms with E-state index in [1.54, 1.807) is 0 Å². The highest BCUT2D eigenvalue weighted by atomic mass is 19.1. The van der Waals surface area contributed by atoms with Crippen molar-refractivity contribution in [3.63, 3.8) is 0 Å². The molecule has 2 aromatic carbocycles. The summed E-state index contributed by atoms with van der Waals surface area (Å²) in [6.07, 6.45) is 7.82. The molecule has 1 N–H and O–H groups in total. The number of ether oxygens (including phenoxy) is 2. The lowest BCUT2D eigenvalue weighted by Gasteiger charge is -2.31. The van der Waals surface area contributed by atoms with Crippen LogP contribution in [0.25, 0.3) is 10.8 Å². The number of aromatic hydroxyl groups is 1. The Kier molecular flexibility index (Phi) is 6.86. The van der Waals surface area contributed by atoms with Crippen molar-refractivity contribution in [3.8, 4) is 24.1 Å². The minimum atomic E-state index is -0.890. The predicted octanol–water partition coefficient (Wildman–Crippen LogP) is 4.36. The molecule has 3 fully saturated rings. The number of halogens is 2. The van der Waals surface area contributed by atoms with Gasteiger partial charge in [-0.15, -0.1) is 6.42 Å². The lowest BCUT2D eigenvalue weighted by molar-refractivity contribution is 0.0992. The van der Waals surface area contributed by atoms with Crippen LogP contribution in [0.2, 0.25) is 0 Å². The molecule has 0 bridgehead atoms. The van der Waals surface area contributed by atoms with Crippen molar-refractivity contribution < 1.29 is 28.2 Å². The van der Waals surface area contributed by atoms with Crippen LogP contribution in [0.4, 0.5) is 20.3 Å². The second-order valence-corrected chi connectivity index (χ2v) is 11.9. The van der Waals surface area contributed by atoms with Gasteiger partial charge in [0.05, 0.1) is 35.1 Å². The zero-order chi connectivity index (χ0) is 29.9. The molecule has 0 radical (unpaired) electrons. The number of carbonyl (C=O) groups excluding carboxylic acids is 1. The molecule has 1 unspecified atom stereocenters. The zero-order valence-corrected chi connectivity index (χ0v) is 24.0. The van der Waals surface area contributed by atoms with Crippen LogP contribution < -0.4 is 14.5 Å². The van der Waals surface area contributed by atoms with E-state index in [0.29, 0.717) is 67.1 Å². The van der Waals surface area contributed by atoms with Gasteiger partial charge in [0.25, 0.3) is 5.91 Å². The number of anilines is 2. The van der Waals surface area contributed by atoms with Crippen LogP contribution in [0.1, 0.15) is 60.3 Å². The number of rotatable bonds is 5. The molecule has 0 saturated carbocycles. The molecule has 43 heavy (non-hydrogen) atoms. The summed E-state index contributed by atoms with van der Waals surface area (Å²) in [6, 6.07) is 5.20. The fourth-order valence-corrected chi connectivity index (χ4v) is 7.32. The van der Waals surface area contributed by atoms with Crippen molar-refractivity contribution in [1.29, 1.82) is 0 Å². The Morgan fingerprint density at radius 3 is 2.91 bits per heavy atom. The monoisotopic (exact) mass is 589 g/mol. The second kappa shape index (κ2) is 10.6. The summed E-state index contributed by atoms with van der Waals surface area (Å²) in [4.78, 5) is 29.5. The maximum Gasteiger partial charge on any atom is 0.318 e. The molecule has 9 nitrogen and oxygen atoms in total. The molecule has 0 spiro atoms. The number of phenols is 1. The Hall–Kier alpha value is -4.01. The third-order valence-corrected chi connectivity index (χ3v) is 9.30. The average Bonchev–Trinajstić information content (AvgIpc) is 3.48. The van der Waals surface area contributed by atoms with Gasteiger partial charge >= 0.3 is 6.01 Å². The van der Waals surface area contributed by atoms with Gasteiger partial charge in [-0.2, -0.15) is 9.97 Å². The molecular formula is C32H33F2N5O4. The van der Waals surface area contributed by atoms with Crippen molar-refractivity contribution in [1.82, 2.24) is 14.9 Å². The standard InChI is InChI=1S/C32H33F2N5O4/c1-3-23-24(34)7-6-20-14-22(40)15-25(26(20)23)39-19(2)28-27(30(39)41)29(37-9-5-12-42-13-11-37)36-31(35-28)43-18-32-8-4-10-38(32)17-21(33)16-32/h1,6-7,14-15,19,21,40H,4-5,8-13,16-18H2,2H3/t19?,21-,32+/m1/s1. The normalized spacial score (nSPS) is 25.6. The summed E-state index contributed by atoms with van der Waals surface area (Å²) < 4.78 is 41.2. The molecule has 11 heteroatoms. The molecule has 1 amide bonds. The minimum absolute atomic E-state index is 0.00607. The summed E-state index contributed by atoms with van der Waals surface area (Å²) in [5.74, 6) is 1.79. The molecule has 3 saturated heterocycles. The quantitative estimate of drug-likeness (QED) is 0.440. The Labute approximate surface area is 248 Å². The number of hydrogen-bond acceptors (Lipinski definition) is 8. The summed E-state index contributed by atoms with van der Waals surface area (Å²) in [6.45, 7) is 5.53. The van der Waals surface area contributed by atoms with Crippen LogP contribution in [-0.2, 0) is 4.74 Å². The molecule has 7 rings (SSSR count). The highest BCUT2D eigenvalue weighted by molar-refractivity contribution is 6.17. The van der Waals surface area contributed by atoms with E-state index in [1.165, 1.54) is 29.2 Å². The molecule has 0 aliphatic carbocycles. The molecule has 4 aliphatic rings. The van der Waals surface area contributed by atoms with E-state index in [1.807, 2.05) is 11.8 Å². The van der Waals surface area contributed by atoms with Crippen molar-refractivity contribution in [2.45, 2.75) is 50.4 Å². The number of carbonyl (C=O) groups is 1. The van der Waals surface area contributed by atoms with E-state index in [4.69, 9.17) is 25.9 Å². The number of terminal acetylenes is 1. The summed E-state index contributed by atoms with van der Waals surface area (Å²) in [5, 5.41) is 11.5. The summed E-state index contributed by atoms with van der Waals surface area (Å²) in [5.41, 5.74) is 0.683.